The Hall–Kier alpha value is -2.75. The number of hydrogen-bond donors (Lipinski definition) is 0. The Balaban J connectivity index is 1.90. The predicted molar refractivity (Wildman–Crippen MR) is 83.5 cm³/mol. The lowest BCUT2D eigenvalue weighted by molar-refractivity contribution is 0.101. The molecule has 0 saturated heterocycles. The third-order valence-corrected chi connectivity index (χ3v) is 3.34. The van der Waals surface area contributed by atoms with Gasteiger partial charge in [-0.2, -0.15) is 0 Å². The first kappa shape index (κ1) is 14.2. The first-order valence-corrected chi connectivity index (χ1v) is 7.06. The van der Waals surface area contributed by atoms with E-state index in [2.05, 4.69) is 0 Å². The van der Waals surface area contributed by atoms with E-state index in [4.69, 9.17) is 14.2 Å². The van der Waals surface area contributed by atoms with Gasteiger partial charge in [-0.3, -0.25) is 4.79 Å². The maximum absolute atomic E-state index is 12.4. The van der Waals surface area contributed by atoms with E-state index in [1.54, 1.807) is 31.4 Å². The van der Waals surface area contributed by atoms with Crippen molar-refractivity contribution in [1.82, 2.24) is 0 Å². The maximum atomic E-state index is 12.4. The Morgan fingerprint density at radius 3 is 2.77 bits per heavy atom. The Kier molecular flexibility index (Phi) is 3.83. The molecule has 0 saturated carbocycles. The number of rotatable bonds is 4. The van der Waals surface area contributed by atoms with E-state index in [0.29, 0.717) is 29.4 Å². The number of allylic oxidation sites excluding steroid dienone is 1. The number of carbonyl (C=O) groups is 1. The summed E-state index contributed by atoms with van der Waals surface area (Å²) in [5, 5.41) is 0. The molecular formula is C18H16O4. The van der Waals surface area contributed by atoms with Crippen molar-refractivity contribution in [3.8, 4) is 17.2 Å². The molecule has 0 amide bonds. The van der Waals surface area contributed by atoms with Crippen molar-refractivity contribution in [3.05, 3.63) is 59.4 Å². The molecule has 4 nitrogen and oxygen atoms in total. The van der Waals surface area contributed by atoms with Crippen LogP contribution in [0.2, 0.25) is 0 Å². The summed E-state index contributed by atoms with van der Waals surface area (Å²) < 4.78 is 16.3. The van der Waals surface area contributed by atoms with E-state index in [1.165, 1.54) is 0 Å². The fourth-order valence-corrected chi connectivity index (χ4v) is 2.31. The average molecular weight is 296 g/mol. The van der Waals surface area contributed by atoms with Crippen LogP contribution < -0.4 is 14.2 Å². The van der Waals surface area contributed by atoms with Crippen LogP contribution in [0.4, 0.5) is 0 Å². The zero-order valence-corrected chi connectivity index (χ0v) is 12.5. The summed E-state index contributed by atoms with van der Waals surface area (Å²) in [6.45, 7) is 2.48. The summed E-state index contributed by atoms with van der Waals surface area (Å²) >= 11 is 0. The van der Waals surface area contributed by atoms with E-state index >= 15 is 0 Å². The number of hydrogen-bond acceptors (Lipinski definition) is 4. The normalized spacial score (nSPS) is 14.6. The van der Waals surface area contributed by atoms with Gasteiger partial charge in [0.1, 0.15) is 17.2 Å². The molecule has 112 valence electrons. The molecule has 3 rings (SSSR count). The number of methoxy groups -OCH3 is 1. The van der Waals surface area contributed by atoms with E-state index in [1.807, 2.05) is 31.2 Å². The summed E-state index contributed by atoms with van der Waals surface area (Å²) in [7, 11) is 1.61. The van der Waals surface area contributed by atoms with Gasteiger partial charge in [-0.1, -0.05) is 12.1 Å². The van der Waals surface area contributed by atoms with Gasteiger partial charge in [0.25, 0.3) is 0 Å². The lowest BCUT2D eigenvalue weighted by atomic mass is 10.1. The summed E-state index contributed by atoms with van der Waals surface area (Å²) in [5.74, 6) is 2.13. The van der Waals surface area contributed by atoms with Gasteiger partial charge in [-0.15, -0.1) is 0 Å². The van der Waals surface area contributed by atoms with Crippen LogP contribution in [0.5, 0.6) is 17.2 Å². The van der Waals surface area contributed by atoms with Crippen LogP contribution in [0.25, 0.3) is 6.08 Å². The summed E-state index contributed by atoms with van der Waals surface area (Å²) in [6.07, 6.45) is 1.71. The molecule has 0 fully saturated rings. The molecular weight excluding hydrogens is 280 g/mol. The number of ether oxygens (including phenoxy) is 3. The topological polar surface area (TPSA) is 44.8 Å². The van der Waals surface area contributed by atoms with Crippen molar-refractivity contribution in [2.75, 3.05) is 13.7 Å². The Labute approximate surface area is 128 Å². The highest BCUT2D eigenvalue weighted by Crippen LogP contribution is 2.35. The lowest BCUT2D eigenvalue weighted by Gasteiger charge is -2.04. The zero-order valence-electron chi connectivity index (χ0n) is 12.5. The lowest BCUT2D eigenvalue weighted by Crippen LogP contribution is -1.98. The van der Waals surface area contributed by atoms with Gasteiger partial charge in [0.2, 0.25) is 5.78 Å². The molecule has 2 aromatic rings. The molecule has 0 N–H and O–H groups in total. The Morgan fingerprint density at radius 1 is 1.14 bits per heavy atom. The second-order valence-electron chi connectivity index (χ2n) is 4.81. The fourth-order valence-electron chi connectivity index (χ4n) is 2.31. The number of fused-ring (bicyclic) bond motifs is 1. The second-order valence-corrected chi connectivity index (χ2v) is 4.81. The molecule has 0 spiro atoms. The van der Waals surface area contributed by atoms with Crippen molar-refractivity contribution >= 4 is 11.9 Å². The van der Waals surface area contributed by atoms with Crippen LogP contribution in [0.15, 0.2) is 48.2 Å². The van der Waals surface area contributed by atoms with Crippen LogP contribution in [-0.2, 0) is 0 Å². The van der Waals surface area contributed by atoms with Crippen LogP contribution in [-0.4, -0.2) is 19.5 Å². The highest BCUT2D eigenvalue weighted by atomic mass is 16.5. The third-order valence-electron chi connectivity index (χ3n) is 3.34. The van der Waals surface area contributed by atoms with Crippen molar-refractivity contribution in [2.45, 2.75) is 6.92 Å². The van der Waals surface area contributed by atoms with Crippen LogP contribution in [0.3, 0.4) is 0 Å². The van der Waals surface area contributed by atoms with E-state index in [0.717, 1.165) is 11.3 Å². The van der Waals surface area contributed by atoms with Gasteiger partial charge < -0.3 is 14.2 Å². The molecule has 1 aliphatic heterocycles. The molecule has 0 aliphatic carbocycles. The average Bonchev–Trinajstić information content (AvgIpc) is 2.83. The molecule has 0 bridgehead atoms. The van der Waals surface area contributed by atoms with Gasteiger partial charge in [-0.05, 0) is 42.8 Å². The number of carbonyl (C=O) groups excluding carboxylic acids is 1. The molecule has 0 atom stereocenters. The van der Waals surface area contributed by atoms with Gasteiger partial charge in [-0.25, -0.2) is 0 Å². The van der Waals surface area contributed by atoms with Crippen molar-refractivity contribution in [3.63, 3.8) is 0 Å². The Morgan fingerprint density at radius 2 is 2.00 bits per heavy atom. The standard InChI is InChI=1S/C18H16O4/c1-3-21-14-7-8-15-16(11-14)22-17(18(15)19)10-12-5-4-6-13(9-12)20-2/h4-11H,3H2,1-2H3/b17-10-. The molecule has 1 aliphatic rings. The third kappa shape index (κ3) is 2.68. The molecule has 0 radical (unpaired) electrons. The molecule has 0 aromatic heterocycles. The van der Waals surface area contributed by atoms with Crippen LogP contribution >= 0.6 is 0 Å². The fraction of sp³-hybridized carbons (Fsp3) is 0.167. The minimum Gasteiger partial charge on any atom is -0.497 e. The van der Waals surface area contributed by atoms with Crippen molar-refractivity contribution < 1.29 is 19.0 Å². The monoisotopic (exact) mass is 296 g/mol. The maximum Gasteiger partial charge on any atom is 0.231 e. The largest absolute Gasteiger partial charge is 0.497 e. The zero-order chi connectivity index (χ0) is 15.5. The van der Waals surface area contributed by atoms with Crippen molar-refractivity contribution in [2.24, 2.45) is 0 Å². The molecule has 4 heteroatoms. The number of benzene rings is 2. The summed E-state index contributed by atoms with van der Waals surface area (Å²) in [4.78, 5) is 12.4. The first-order chi connectivity index (χ1) is 10.7. The molecule has 1 heterocycles. The first-order valence-electron chi connectivity index (χ1n) is 7.06. The highest BCUT2D eigenvalue weighted by molar-refractivity contribution is 6.14. The van der Waals surface area contributed by atoms with Crippen molar-refractivity contribution in [1.29, 1.82) is 0 Å². The predicted octanol–water partition coefficient (Wildman–Crippen LogP) is 3.71. The van der Waals surface area contributed by atoms with E-state index < -0.39 is 0 Å². The van der Waals surface area contributed by atoms with Crippen LogP contribution in [0.1, 0.15) is 22.8 Å². The quantitative estimate of drug-likeness (QED) is 0.807. The Bertz CT molecular complexity index is 747. The SMILES string of the molecule is CCOc1ccc2c(c1)O/C(=C\c1cccc(OC)c1)C2=O. The highest BCUT2D eigenvalue weighted by Gasteiger charge is 2.27. The van der Waals surface area contributed by atoms with E-state index in [9.17, 15) is 4.79 Å². The van der Waals surface area contributed by atoms with Gasteiger partial charge >= 0.3 is 0 Å². The summed E-state index contributed by atoms with van der Waals surface area (Å²) in [5.41, 5.74) is 1.40. The van der Waals surface area contributed by atoms with Gasteiger partial charge in [0.05, 0.1) is 19.3 Å². The number of ketones is 1. The summed E-state index contributed by atoms with van der Waals surface area (Å²) in [6, 6.07) is 12.7. The molecule has 2 aromatic carbocycles. The van der Waals surface area contributed by atoms with Gasteiger partial charge in [0.15, 0.2) is 5.76 Å². The van der Waals surface area contributed by atoms with E-state index in [-0.39, 0.29) is 5.78 Å². The minimum absolute atomic E-state index is 0.124. The second kappa shape index (κ2) is 5.93. The molecule has 22 heavy (non-hydrogen) atoms. The smallest absolute Gasteiger partial charge is 0.231 e. The van der Waals surface area contributed by atoms with Crippen LogP contribution in [0, 0.1) is 0 Å². The van der Waals surface area contributed by atoms with Gasteiger partial charge in [0, 0.05) is 6.07 Å². The minimum atomic E-state index is -0.124. The molecule has 0 unspecified atom stereocenters. The number of Topliss-reactive ketones (excluding diaryl/α,β-unsaturated/α-hetero) is 1.